The lowest BCUT2D eigenvalue weighted by atomic mass is 10.0. The topological polar surface area (TPSA) is 94.0 Å². The third-order valence-corrected chi connectivity index (χ3v) is 8.18. The largest absolute Gasteiger partial charge is 0.416 e. The normalized spacial score (nSPS) is 17.3. The molecule has 3 heterocycles. The zero-order valence-corrected chi connectivity index (χ0v) is 20.8. The van der Waals surface area contributed by atoms with Gasteiger partial charge in [0, 0.05) is 11.3 Å². The van der Waals surface area contributed by atoms with Gasteiger partial charge in [-0.2, -0.15) is 18.3 Å². The first-order valence-electron chi connectivity index (χ1n) is 11.6. The third kappa shape index (κ3) is 4.95. The number of alkyl halides is 3. The lowest BCUT2D eigenvalue weighted by Crippen LogP contribution is -2.15. The number of carbonyl (C=O) groups excluding carboxylic acids is 1. The van der Waals surface area contributed by atoms with Crippen LogP contribution in [-0.4, -0.2) is 40.6 Å². The van der Waals surface area contributed by atoms with Crippen molar-refractivity contribution in [1.82, 2.24) is 14.8 Å². The highest BCUT2D eigenvalue weighted by Crippen LogP contribution is 2.34. The minimum atomic E-state index is -4.55. The number of amides is 1. The predicted molar refractivity (Wildman–Crippen MR) is 134 cm³/mol. The number of nitrogens with zero attached hydrogens (tertiary/aromatic N) is 3. The van der Waals surface area contributed by atoms with Crippen LogP contribution in [-0.2, 0) is 16.0 Å². The molecule has 0 spiro atoms. The fourth-order valence-electron chi connectivity index (χ4n) is 4.56. The molecule has 2 aromatic heterocycles. The minimum absolute atomic E-state index is 0.00592. The van der Waals surface area contributed by atoms with Gasteiger partial charge in [-0.05, 0) is 44.5 Å². The van der Waals surface area contributed by atoms with E-state index in [1.54, 1.807) is 17.7 Å². The number of halogens is 3. The Bertz CT molecular complexity index is 1630. The fourth-order valence-corrected chi connectivity index (χ4v) is 6.25. The van der Waals surface area contributed by atoms with Crippen molar-refractivity contribution in [3.63, 3.8) is 0 Å². The van der Waals surface area contributed by atoms with Crippen molar-refractivity contribution in [2.24, 2.45) is 0 Å². The lowest BCUT2D eigenvalue weighted by molar-refractivity contribution is -0.137. The molecule has 1 unspecified atom stereocenters. The van der Waals surface area contributed by atoms with Gasteiger partial charge in [0.15, 0.2) is 15.5 Å². The molecule has 0 bridgehead atoms. The molecule has 11 heteroatoms. The third-order valence-electron chi connectivity index (χ3n) is 6.43. The molecule has 0 radical (unpaired) electrons. The van der Waals surface area contributed by atoms with Crippen molar-refractivity contribution in [1.29, 1.82) is 0 Å². The van der Waals surface area contributed by atoms with E-state index in [2.05, 4.69) is 10.4 Å². The van der Waals surface area contributed by atoms with Crippen molar-refractivity contribution in [3.8, 4) is 11.3 Å². The number of carbonyl (C=O) groups is 1. The first kappa shape index (κ1) is 24.9. The maximum absolute atomic E-state index is 13.5. The van der Waals surface area contributed by atoms with Crippen LogP contribution in [0.5, 0.6) is 0 Å². The van der Waals surface area contributed by atoms with Crippen LogP contribution in [0.4, 0.5) is 18.9 Å². The van der Waals surface area contributed by atoms with Crippen LogP contribution in [0.15, 0.2) is 54.6 Å². The van der Waals surface area contributed by atoms with Crippen LogP contribution in [0.1, 0.15) is 39.6 Å². The highest BCUT2D eigenvalue weighted by atomic mass is 32.2. The van der Waals surface area contributed by atoms with Crippen LogP contribution in [0.3, 0.4) is 0 Å². The number of hydrogen-bond acceptors (Lipinski definition) is 5. The number of aryl methyl sites for hydroxylation is 2. The second-order valence-electron chi connectivity index (χ2n) is 9.24. The second-order valence-corrected chi connectivity index (χ2v) is 11.5. The standard InChI is InChI=1S/C26H23F3N4O3S/c1-15-6-8-17(9-7-15)22-13-21(25(34)30-19-5-3-4-18(12-19)26(27,28)29)23-16(2)32-33(24(23)31-22)20-10-11-37(35,36)14-20/h3-9,12-13,20H,10-11,14H2,1-2H3,(H,30,34). The first-order valence-corrected chi connectivity index (χ1v) is 13.4. The molecule has 0 saturated carbocycles. The molecule has 0 aliphatic carbocycles. The Kier molecular flexibility index (Phi) is 6.06. The molecular formula is C26H23F3N4O3S. The van der Waals surface area contributed by atoms with Crippen molar-refractivity contribution >= 4 is 32.5 Å². The van der Waals surface area contributed by atoms with Crippen molar-refractivity contribution in [2.45, 2.75) is 32.5 Å². The number of pyridine rings is 1. The fraction of sp³-hybridized carbons (Fsp3) is 0.269. The highest BCUT2D eigenvalue weighted by Gasteiger charge is 2.33. The van der Waals surface area contributed by atoms with Gasteiger partial charge in [-0.3, -0.25) is 4.79 Å². The number of benzene rings is 2. The number of hydrogen-bond donors (Lipinski definition) is 1. The lowest BCUT2D eigenvalue weighted by Gasteiger charge is -2.13. The molecule has 1 atom stereocenters. The summed E-state index contributed by atoms with van der Waals surface area (Å²) in [5.74, 6) is -0.661. The minimum Gasteiger partial charge on any atom is -0.322 e. The molecule has 1 N–H and O–H groups in total. The molecule has 1 aliphatic heterocycles. The Hall–Kier alpha value is -3.73. The smallest absolute Gasteiger partial charge is 0.322 e. The second kappa shape index (κ2) is 8.98. The Morgan fingerprint density at radius 1 is 1.08 bits per heavy atom. The summed E-state index contributed by atoms with van der Waals surface area (Å²) >= 11 is 0. The summed E-state index contributed by atoms with van der Waals surface area (Å²) in [4.78, 5) is 18.2. The molecule has 5 rings (SSSR count). The van der Waals surface area contributed by atoms with Crippen molar-refractivity contribution in [3.05, 3.63) is 77.0 Å². The molecule has 1 fully saturated rings. The molecule has 1 aliphatic rings. The first-order chi connectivity index (χ1) is 17.4. The van der Waals surface area contributed by atoms with Gasteiger partial charge in [-0.25, -0.2) is 18.1 Å². The van der Waals surface area contributed by atoms with E-state index in [0.717, 1.165) is 23.3 Å². The Morgan fingerprint density at radius 3 is 2.46 bits per heavy atom. The van der Waals surface area contributed by atoms with E-state index in [4.69, 9.17) is 4.98 Å². The Balaban J connectivity index is 1.64. The van der Waals surface area contributed by atoms with E-state index >= 15 is 0 Å². The zero-order chi connectivity index (χ0) is 26.5. The van der Waals surface area contributed by atoms with Gasteiger partial charge in [0.2, 0.25) is 0 Å². The van der Waals surface area contributed by atoms with Crippen LogP contribution < -0.4 is 5.32 Å². The number of rotatable bonds is 4. The zero-order valence-electron chi connectivity index (χ0n) is 20.0. The summed E-state index contributed by atoms with van der Waals surface area (Å²) in [6, 6.07) is 13.1. The molecule has 7 nitrogen and oxygen atoms in total. The summed E-state index contributed by atoms with van der Waals surface area (Å²) in [7, 11) is -3.21. The molecule has 4 aromatic rings. The highest BCUT2D eigenvalue weighted by molar-refractivity contribution is 7.91. The van der Waals surface area contributed by atoms with Gasteiger partial charge < -0.3 is 5.32 Å². The molecule has 192 valence electrons. The van der Waals surface area contributed by atoms with Gasteiger partial charge in [0.1, 0.15) is 0 Å². The maximum Gasteiger partial charge on any atom is 0.416 e. The van der Waals surface area contributed by atoms with Gasteiger partial charge in [-0.15, -0.1) is 0 Å². The van der Waals surface area contributed by atoms with Crippen LogP contribution in [0.2, 0.25) is 0 Å². The van der Waals surface area contributed by atoms with Crippen molar-refractivity contribution < 1.29 is 26.4 Å². The molecule has 2 aromatic carbocycles. The monoisotopic (exact) mass is 528 g/mol. The Morgan fingerprint density at radius 2 is 1.81 bits per heavy atom. The van der Waals surface area contributed by atoms with E-state index in [0.29, 0.717) is 28.8 Å². The van der Waals surface area contributed by atoms with Crippen molar-refractivity contribution in [2.75, 3.05) is 16.8 Å². The Labute approximate surface area is 211 Å². The number of aromatic nitrogens is 3. The predicted octanol–water partition coefficient (Wildman–Crippen LogP) is 5.35. The van der Waals surface area contributed by atoms with E-state index in [1.165, 1.54) is 12.1 Å². The van der Waals surface area contributed by atoms with Crippen LogP contribution in [0, 0.1) is 13.8 Å². The average Bonchev–Trinajstić information content (AvgIpc) is 3.37. The average molecular weight is 529 g/mol. The summed E-state index contributed by atoms with van der Waals surface area (Å²) in [5.41, 5.74) is 2.34. The molecule has 1 amide bonds. The SMILES string of the molecule is Cc1ccc(-c2cc(C(=O)Nc3cccc(C(F)(F)F)c3)c3c(C)nn(C4CCS(=O)(=O)C4)c3n2)cc1. The van der Waals surface area contributed by atoms with E-state index < -0.39 is 33.5 Å². The molecule has 1 saturated heterocycles. The number of fused-ring (bicyclic) bond motifs is 1. The quantitative estimate of drug-likeness (QED) is 0.386. The molecular weight excluding hydrogens is 505 g/mol. The number of anilines is 1. The van der Waals surface area contributed by atoms with Gasteiger partial charge in [0.25, 0.3) is 5.91 Å². The summed E-state index contributed by atoms with van der Waals surface area (Å²) in [6.45, 7) is 3.63. The molecule has 37 heavy (non-hydrogen) atoms. The van der Waals surface area contributed by atoms with Gasteiger partial charge in [0.05, 0.1) is 45.4 Å². The van der Waals surface area contributed by atoms with Crippen LogP contribution >= 0.6 is 0 Å². The van der Waals surface area contributed by atoms with Gasteiger partial charge in [-0.1, -0.05) is 35.9 Å². The number of sulfone groups is 1. The van der Waals surface area contributed by atoms with E-state index in [9.17, 15) is 26.4 Å². The summed E-state index contributed by atoms with van der Waals surface area (Å²) in [5, 5.41) is 7.53. The summed E-state index contributed by atoms with van der Waals surface area (Å²) in [6.07, 6.45) is -4.18. The van der Waals surface area contributed by atoms with E-state index in [-0.39, 0.29) is 22.8 Å². The van der Waals surface area contributed by atoms with Gasteiger partial charge >= 0.3 is 6.18 Å². The number of nitrogens with one attached hydrogen (secondary N) is 1. The van der Waals surface area contributed by atoms with E-state index in [1.807, 2.05) is 31.2 Å². The summed E-state index contributed by atoms with van der Waals surface area (Å²) < 4.78 is 65.4. The van der Waals surface area contributed by atoms with Crippen LogP contribution in [0.25, 0.3) is 22.3 Å². The maximum atomic E-state index is 13.5.